The van der Waals surface area contributed by atoms with Gasteiger partial charge in [-0.3, -0.25) is 4.79 Å². The van der Waals surface area contributed by atoms with Gasteiger partial charge in [0.1, 0.15) is 4.88 Å². The Morgan fingerprint density at radius 2 is 1.80 bits per heavy atom. The topological polar surface area (TPSA) is 38.3 Å². The second kappa shape index (κ2) is 8.00. The first-order valence-electron chi connectivity index (χ1n) is 8.20. The minimum atomic E-state index is -0.147. The molecule has 2 aromatic carbocycles. The van der Waals surface area contributed by atoms with E-state index in [0.717, 1.165) is 21.2 Å². The molecule has 1 amide bonds. The van der Waals surface area contributed by atoms with Gasteiger partial charge in [0, 0.05) is 16.6 Å². The zero-order valence-electron chi connectivity index (χ0n) is 14.2. The molecule has 25 heavy (non-hydrogen) atoms. The maximum absolute atomic E-state index is 12.6. The fraction of sp³-hybridized carbons (Fsp3) is 0.250. The number of carbonyl (C=O) groups is 1. The lowest BCUT2D eigenvalue weighted by molar-refractivity contribution is 0.0651. The minimum Gasteiger partial charge on any atom is -0.374 e. The van der Waals surface area contributed by atoms with Crippen LogP contribution in [0.2, 0.25) is 5.02 Å². The van der Waals surface area contributed by atoms with E-state index in [0.29, 0.717) is 23.1 Å². The number of halogens is 1. The number of benzene rings is 2. The molecule has 0 aliphatic carbocycles. The molecule has 0 fully saturated rings. The van der Waals surface area contributed by atoms with Crippen molar-refractivity contribution in [3.63, 3.8) is 0 Å². The van der Waals surface area contributed by atoms with Crippen molar-refractivity contribution in [1.29, 1.82) is 0 Å². The lowest BCUT2D eigenvalue weighted by atomic mass is 10.1. The van der Waals surface area contributed by atoms with Crippen LogP contribution in [0.5, 0.6) is 0 Å². The number of ether oxygens (including phenoxy) is 1. The van der Waals surface area contributed by atoms with E-state index >= 15 is 0 Å². The van der Waals surface area contributed by atoms with Crippen LogP contribution in [0.3, 0.4) is 0 Å². The third kappa shape index (κ3) is 4.21. The smallest absolute Gasteiger partial charge is 0.263 e. The molecule has 0 atom stereocenters. The summed E-state index contributed by atoms with van der Waals surface area (Å²) in [6.45, 7) is 5.00. The van der Waals surface area contributed by atoms with Gasteiger partial charge in [0.05, 0.1) is 17.7 Å². The van der Waals surface area contributed by atoms with Crippen molar-refractivity contribution in [3.8, 4) is 0 Å². The van der Waals surface area contributed by atoms with Crippen LogP contribution < -0.4 is 5.32 Å². The van der Waals surface area contributed by atoms with Crippen LogP contribution in [-0.4, -0.2) is 12.0 Å². The number of fused-ring (bicyclic) bond motifs is 1. The molecule has 0 spiro atoms. The molecule has 0 bridgehead atoms. The Morgan fingerprint density at radius 3 is 2.52 bits per heavy atom. The van der Waals surface area contributed by atoms with Gasteiger partial charge in [-0.15, -0.1) is 11.3 Å². The van der Waals surface area contributed by atoms with Crippen molar-refractivity contribution >= 4 is 38.9 Å². The first kappa shape index (κ1) is 17.9. The van der Waals surface area contributed by atoms with Gasteiger partial charge in [-0.2, -0.15) is 0 Å². The molecule has 1 N–H and O–H groups in total. The Morgan fingerprint density at radius 1 is 1.12 bits per heavy atom. The average molecular weight is 374 g/mol. The first-order valence-corrected chi connectivity index (χ1v) is 9.39. The summed E-state index contributed by atoms with van der Waals surface area (Å²) >= 11 is 7.80. The van der Waals surface area contributed by atoms with E-state index in [2.05, 4.69) is 5.32 Å². The number of rotatable bonds is 6. The molecule has 3 aromatic rings. The zero-order valence-corrected chi connectivity index (χ0v) is 15.8. The van der Waals surface area contributed by atoms with Gasteiger partial charge in [-0.25, -0.2) is 0 Å². The van der Waals surface area contributed by atoms with E-state index in [4.69, 9.17) is 16.3 Å². The summed E-state index contributed by atoms with van der Waals surface area (Å²) in [5, 5.41) is 4.42. The summed E-state index contributed by atoms with van der Waals surface area (Å²) in [4.78, 5) is 13.1. The summed E-state index contributed by atoms with van der Waals surface area (Å²) in [6, 6.07) is 15.8. The van der Waals surface area contributed by atoms with Crippen molar-refractivity contribution in [1.82, 2.24) is 5.32 Å². The highest BCUT2D eigenvalue weighted by Crippen LogP contribution is 2.35. The lowest BCUT2D eigenvalue weighted by Gasteiger charge is -2.12. The third-order valence-electron chi connectivity index (χ3n) is 3.87. The van der Waals surface area contributed by atoms with Crippen molar-refractivity contribution in [2.45, 2.75) is 33.1 Å². The van der Waals surface area contributed by atoms with Crippen LogP contribution in [0.1, 0.15) is 34.6 Å². The average Bonchev–Trinajstić information content (AvgIpc) is 2.96. The molecule has 3 rings (SSSR count). The summed E-state index contributed by atoms with van der Waals surface area (Å²) < 4.78 is 6.70. The summed E-state index contributed by atoms with van der Waals surface area (Å²) in [5.74, 6) is -0.147. The predicted octanol–water partition coefficient (Wildman–Crippen LogP) is 5.41. The third-order valence-corrected chi connectivity index (χ3v) is 5.55. The van der Waals surface area contributed by atoms with E-state index in [1.54, 1.807) is 0 Å². The standard InChI is InChI=1S/C20H20ClNO2S/c1-13(2)24-12-15-8-4-3-7-14(15)11-22-20(23)19-18(21)16-9-5-6-10-17(16)25-19/h3-10,13H,11-12H2,1-2H3,(H,22,23). The Balaban J connectivity index is 1.73. The maximum Gasteiger partial charge on any atom is 0.263 e. The molecule has 0 aliphatic rings. The molecule has 0 aliphatic heterocycles. The van der Waals surface area contributed by atoms with Crippen LogP contribution in [0.25, 0.3) is 10.1 Å². The normalized spacial score (nSPS) is 11.2. The van der Waals surface area contributed by atoms with Gasteiger partial charge in [0.25, 0.3) is 5.91 Å². The highest BCUT2D eigenvalue weighted by Gasteiger charge is 2.17. The highest BCUT2D eigenvalue weighted by atomic mass is 35.5. The van der Waals surface area contributed by atoms with Crippen molar-refractivity contribution < 1.29 is 9.53 Å². The molecule has 130 valence electrons. The molecule has 0 unspecified atom stereocenters. The molecule has 1 aromatic heterocycles. The Labute approximate surface area is 156 Å². The zero-order chi connectivity index (χ0) is 17.8. The monoisotopic (exact) mass is 373 g/mol. The molecule has 1 heterocycles. The van der Waals surface area contributed by atoms with Crippen LogP contribution >= 0.6 is 22.9 Å². The van der Waals surface area contributed by atoms with Gasteiger partial charge in [-0.05, 0) is 31.0 Å². The van der Waals surface area contributed by atoms with Gasteiger partial charge in [0.2, 0.25) is 0 Å². The van der Waals surface area contributed by atoms with E-state index in [1.165, 1.54) is 11.3 Å². The SMILES string of the molecule is CC(C)OCc1ccccc1CNC(=O)c1sc2ccccc2c1Cl. The molecular weight excluding hydrogens is 354 g/mol. The fourth-order valence-electron chi connectivity index (χ4n) is 2.54. The highest BCUT2D eigenvalue weighted by molar-refractivity contribution is 7.21. The van der Waals surface area contributed by atoms with Crippen LogP contribution in [0, 0.1) is 0 Å². The molecular formula is C20H20ClNO2S. The number of hydrogen-bond acceptors (Lipinski definition) is 3. The van der Waals surface area contributed by atoms with Gasteiger partial charge in [-0.1, -0.05) is 54.1 Å². The van der Waals surface area contributed by atoms with E-state index in [9.17, 15) is 4.79 Å². The maximum atomic E-state index is 12.6. The first-order chi connectivity index (χ1) is 12.1. The van der Waals surface area contributed by atoms with Crippen LogP contribution in [0.15, 0.2) is 48.5 Å². The summed E-state index contributed by atoms with van der Waals surface area (Å²) in [5.41, 5.74) is 2.13. The molecule has 0 saturated heterocycles. The van der Waals surface area contributed by atoms with Crippen molar-refractivity contribution in [3.05, 3.63) is 69.6 Å². The number of carbonyl (C=O) groups excluding carboxylic acids is 1. The predicted molar refractivity (Wildman–Crippen MR) is 104 cm³/mol. The second-order valence-electron chi connectivity index (χ2n) is 6.05. The van der Waals surface area contributed by atoms with Gasteiger partial charge < -0.3 is 10.1 Å². The van der Waals surface area contributed by atoms with Crippen LogP contribution in [0.4, 0.5) is 0 Å². The minimum absolute atomic E-state index is 0.147. The Hall–Kier alpha value is -1.88. The second-order valence-corrected chi connectivity index (χ2v) is 7.48. The lowest BCUT2D eigenvalue weighted by Crippen LogP contribution is -2.23. The van der Waals surface area contributed by atoms with Crippen molar-refractivity contribution in [2.75, 3.05) is 0 Å². The largest absolute Gasteiger partial charge is 0.374 e. The molecule has 3 nitrogen and oxygen atoms in total. The summed E-state index contributed by atoms with van der Waals surface area (Å²) in [6.07, 6.45) is 0.167. The quantitative estimate of drug-likeness (QED) is 0.627. The number of nitrogens with one attached hydrogen (secondary N) is 1. The Kier molecular flexibility index (Phi) is 5.74. The van der Waals surface area contributed by atoms with Gasteiger partial charge >= 0.3 is 0 Å². The molecule has 0 radical (unpaired) electrons. The summed E-state index contributed by atoms with van der Waals surface area (Å²) in [7, 11) is 0. The van der Waals surface area contributed by atoms with Gasteiger partial charge in [0.15, 0.2) is 0 Å². The number of hydrogen-bond donors (Lipinski definition) is 1. The van der Waals surface area contributed by atoms with E-state index in [-0.39, 0.29) is 12.0 Å². The van der Waals surface area contributed by atoms with Crippen molar-refractivity contribution in [2.24, 2.45) is 0 Å². The van der Waals surface area contributed by atoms with E-state index < -0.39 is 0 Å². The number of amides is 1. The van der Waals surface area contributed by atoms with E-state index in [1.807, 2.05) is 62.4 Å². The fourth-order valence-corrected chi connectivity index (χ4v) is 3.98. The molecule has 5 heteroatoms. The number of thiophene rings is 1. The Bertz CT molecular complexity index is 888. The van der Waals surface area contributed by atoms with Crippen LogP contribution in [-0.2, 0) is 17.9 Å². The molecule has 0 saturated carbocycles.